The Hall–Kier alpha value is -0.950. The van der Waals surface area contributed by atoms with Gasteiger partial charge in [-0.25, -0.2) is 15.0 Å². The smallest absolute Gasteiger partial charge is 0.182 e. The van der Waals surface area contributed by atoms with Crippen molar-refractivity contribution in [1.82, 2.24) is 15.0 Å². The predicted octanol–water partition coefficient (Wildman–Crippen LogP) is 3.80. The van der Waals surface area contributed by atoms with Crippen LogP contribution in [0.2, 0.25) is 10.0 Å². The van der Waals surface area contributed by atoms with Gasteiger partial charge in [-0.15, -0.1) is 0 Å². The van der Waals surface area contributed by atoms with E-state index in [1.807, 2.05) is 0 Å². The lowest BCUT2D eigenvalue weighted by atomic mass is 10.3. The molecule has 2 aromatic heterocycles. The van der Waals surface area contributed by atoms with Gasteiger partial charge in [0.2, 0.25) is 0 Å². The third-order valence-electron chi connectivity index (χ3n) is 2.46. The van der Waals surface area contributed by atoms with Gasteiger partial charge < -0.3 is 10.1 Å². The molecule has 106 valence electrons. The van der Waals surface area contributed by atoms with Crippen molar-refractivity contribution < 1.29 is 4.74 Å². The van der Waals surface area contributed by atoms with Crippen molar-refractivity contribution in [3.05, 3.63) is 32.5 Å². The second kappa shape index (κ2) is 6.67. The van der Waals surface area contributed by atoms with Crippen molar-refractivity contribution in [3.8, 4) is 11.5 Å². The first-order valence-electron chi connectivity index (χ1n) is 5.61. The summed E-state index contributed by atoms with van der Waals surface area (Å²) < 4.78 is 5.87. The minimum atomic E-state index is 0.343. The van der Waals surface area contributed by atoms with Crippen LogP contribution in [-0.2, 0) is 11.3 Å². The maximum atomic E-state index is 6.14. The number of anilines is 1. The van der Waals surface area contributed by atoms with Crippen LogP contribution in [0.4, 0.5) is 5.82 Å². The van der Waals surface area contributed by atoms with Crippen molar-refractivity contribution in [2.24, 2.45) is 0 Å². The molecule has 0 unspecified atom stereocenters. The van der Waals surface area contributed by atoms with E-state index >= 15 is 0 Å². The quantitative estimate of drug-likeness (QED) is 0.878. The number of methoxy groups -OCH3 is 1. The Kier molecular flexibility index (Phi) is 5.15. The molecule has 2 aromatic rings. The minimum Gasteiger partial charge on any atom is -0.378 e. The first-order valence-corrected chi connectivity index (χ1v) is 7.16. The maximum absolute atomic E-state index is 6.14. The number of hydrogen-bond acceptors (Lipinski definition) is 5. The first kappa shape index (κ1) is 15.4. The van der Waals surface area contributed by atoms with E-state index in [0.29, 0.717) is 39.7 Å². The molecule has 0 amide bonds. The van der Waals surface area contributed by atoms with Crippen molar-refractivity contribution in [1.29, 1.82) is 0 Å². The maximum Gasteiger partial charge on any atom is 0.182 e. The molecule has 0 saturated heterocycles. The SMILES string of the molecule is CNc1nc(-c2ncc(Cl)cc2Cl)nc(COC)c1Br. The van der Waals surface area contributed by atoms with E-state index in [9.17, 15) is 0 Å². The highest BCUT2D eigenvalue weighted by Crippen LogP contribution is 2.30. The molecule has 0 aromatic carbocycles. The summed E-state index contributed by atoms with van der Waals surface area (Å²) in [5.74, 6) is 1.04. The zero-order chi connectivity index (χ0) is 14.7. The van der Waals surface area contributed by atoms with E-state index < -0.39 is 0 Å². The summed E-state index contributed by atoms with van der Waals surface area (Å²) >= 11 is 15.4. The number of halogens is 3. The Labute approximate surface area is 134 Å². The second-order valence-electron chi connectivity index (χ2n) is 3.82. The fourth-order valence-corrected chi connectivity index (χ4v) is 2.53. The average Bonchev–Trinajstić information content (AvgIpc) is 2.41. The molecular weight excluding hydrogens is 367 g/mol. The van der Waals surface area contributed by atoms with E-state index in [1.54, 1.807) is 20.2 Å². The van der Waals surface area contributed by atoms with Gasteiger partial charge in [0, 0.05) is 20.4 Å². The lowest BCUT2D eigenvalue weighted by Crippen LogP contribution is -2.05. The van der Waals surface area contributed by atoms with Crippen LogP contribution < -0.4 is 5.32 Å². The van der Waals surface area contributed by atoms with Crippen LogP contribution in [0, 0.1) is 0 Å². The summed E-state index contributed by atoms with van der Waals surface area (Å²) in [7, 11) is 3.37. The van der Waals surface area contributed by atoms with E-state index in [4.69, 9.17) is 27.9 Å². The van der Waals surface area contributed by atoms with Gasteiger partial charge in [-0.1, -0.05) is 23.2 Å². The third kappa shape index (κ3) is 3.20. The molecule has 1 N–H and O–H groups in total. The highest BCUT2D eigenvalue weighted by Gasteiger charge is 2.15. The summed E-state index contributed by atoms with van der Waals surface area (Å²) in [5.41, 5.74) is 1.17. The number of ether oxygens (including phenoxy) is 1. The summed E-state index contributed by atoms with van der Waals surface area (Å²) in [4.78, 5) is 13.0. The molecular formula is C12H11BrCl2N4O. The van der Waals surface area contributed by atoms with Crippen LogP contribution in [0.25, 0.3) is 11.5 Å². The van der Waals surface area contributed by atoms with Crippen molar-refractivity contribution in [2.75, 3.05) is 19.5 Å². The second-order valence-corrected chi connectivity index (χ2v) is 5.46. The molecule has 20 heavy (non-hydrogen) atoms. The van der Waals surface area contributed by atoms with E-state index in [1.165, 1.54) is 6.20 Å². The van der Waals surface area contributed by atoms with Gasteiger partial charge in [-0.3, -0.25) is 0 Å². The fraction of sp³-hybridized carbons (Fsp3) is 0.250. The molecule has 0 aliphatic heterocycles. The Balaban J connectivity index is 2.58. The fourth-order valence-electron chi connectivity index (χ4n) is 1.58. The van der Waals surface area contributed by atoms with E-state index in [-0.39, 0.29) is 0 Å². The number of nitrogens with zero attached hydrogens (tertiary/aromatic N) is 3. The highest BCUT2D eigenvalue weighted by molar-refractivity contribution is 9.10. The summed E-state index contributed by atoms with van der Waals surface area (Å²) in [6.07, 6.45) is 1.50. The van der Waals surface area contributed by atoms with E-state index in [2.05, 4.69) is 36.2 Å². The molecule has 0 aliphatic carbocycles. The van der Waals surface area contributed by atoms with Crippen LogP contribution in [0.15, 0.2) is 16.7 Å². The largest absolute Gasteiger partial charge is 0.378 e. The number of pyridine rings is 1. The van der Waals surface area contributed by atoms with Gasteiger partial charge in [-0.05, 0) is 22.0 Å². The number of aromatic nitrogens is 3. The zero-order valence-corrected chi connectivity index (χ0v) is 13.8. The molecule has 2 heterocycles. The van der Waals surface area contributed by atoms with Gasteiger partial charge in [0.15, 0.2) is 5.82 Å². The Morgan fingerprint density at radius 1 is 1.35 bits per heavy atom. The van der Waals surface area contributed by atoms with Gasteiger partial charge in [0.25, 0.3) is 0 Å². The number of rotatable bonds is 4. The monoisotopic (exact) mass is 376 g/mol. The Morgan fingerprint density at radius 2 is 2.10 bits per heavy atom. The Bertz CT molecular complexity index is 639. The van der Waals surface area contributed by atoms with Gasteiger partial charge in [0.05, 0.1) is 26.8 Å². The molecule has 2 rings (SSSR count). The lowest BCUT2D eigenvalue weighted by molar-refractivity contribution is 0.181. The normalized spacial score (nSPS) is 10.7. The van der Waals surface area contributed by atoms with Gasteiger partial charge >= 0.3 is 0 Å². The number of nitrogens with one attached hydrogen (secondary N) is 1. The summed E-state index contributed by atoms with van der Waals surface area (Å²) in [6, 6.07) is 1.60. The summed E-state index contributed by atoms with van der Waals surface area (Å²) in [5, 5.41) is 3.84. The number of hydrogen-bond donors (Lipinski definition) is 1. The molecule has 0 radical (unpaired) electrons. The van der Waals surface area contributed by atoms with Gasteiger partial charge in [0.1, 0.15) is 11.5 Å². The summed E-state index contributed by atoms with van der Waals surface area (Å²) in [6.45, 7) is 0.343. The topological polar surface area (TPSA) is 59.9 Å². The molecule has 0 spiro atoms. The van der Waals surface area contributed by atoms with Crippen LogP contribution >= 0.6 is 39.1 Å². The molecule has 5 nitrogen and oxygen atoms in total. The highest BCUT2D eigenvalue weighted by atomic mass is 79.9. The predicted molar refractivity (Wildman–Crippen MR) is 83.2 cm³/mol. The first-order chi connectivity index (χ1) is 9.56. The van der Waals surface area contributed by atoms with Crippen molar-refractivity contribution in [3.63, 3.8) is 0 Å². The molecule has 8 heteroatoms. The molecule has 0 saturated carbocycles. The Morgan fingerprint density at radius 3 is 2.70 bits per heavy atom. The van der Waals surface area contributed by atoms with Crippen LogP contribution in [0.5, 0.6) is 0 Å². The average molecular weight is 378 g/mol. The molecule has 0 atom stereocenters. The molecule has 0 bridgehead atoms. The third-order valence-corrected chi connectivity index (χ3v) is 3.79. The standard InChI is InChI=1S/C12H11BrCl2N4O/c1-16-11-9(13)8(5-20-2)18-12(19-11)10-7(15)3-6(14)4-17-10/h3-4H,5H2,1-2H3,(H,16,18,19). The molecule has 0 fully saturated rings. The van der Waals surface area contributed by atoms with Crippen molar-refractivity contribution >= 4 is 44.9 Å². The molecule has 0 aliphatic rings. The minimum absolute atomic E-state index is 0.343. The van der Waals surface area contributed by atoms with Crippen LogP contribution in [0.3, 0.4) is 0 Å². The van der Waals surface area contributed by atoms with Crippen molar-refractivity contribution in [2.45, 2.75) is 6.61 Å². The van der Waals surface area contributed by atoms with Crippen LogP contribution in [-0.4, -0.2) is 29.1 Å². The van der Waals surface area contributed by atoms with E-state index in [0.717, 1.165) is 4.47 Å². The van der Waals surface area contributed by atoms with Gasteiger partial charge in [-0.2, -0.15) is 0 Å². The lowest BCUT2D eigenvalue weighted by Gasteiger charge is -2.11. The van der Waals surface area contributed by atoms with Crippen LogP contribution in [0.1, 0.15) is 5.69 Å². The zero-order valence-electron chi connectivity index (χ0n) is 10.7.